The van der Waals surface area contributed by atoms with E-state index >= 15 is 0 Å². The standard InChI is InChI=1S/C24H24N4OS/c1-2-17-9-6-10-19-20(13-25-22(17)19)21(29)15-30-24-27-26-23(18-11-12-18)28(24)14-16-7-4-3-5-8-16/h3-10,13,18,25H,2,11-12,14-15H2,1H3. The SMILES string of the molecule is CCc1cccc2c(C(=O)CSc3nnc(C4CC4)n3Cc3ccccc3)c[nH]c12. The Morgan fingerprint density at radius 2 is 1.97 bits per heavy atom. The molecule has 2 aromatic carbocycles. The number of thioether (sulfide) groups is 1. The average molecular weight is 417 g/mol. The minimum atomic E-state index is 0.113. The molecule has 0 amide bonds. The van der Waals surface area contributed by atoms with E-state index in [1.54, 1.807) is 0 Å². The molecule has 2 aromatic heterocycles. The van der Waals surface area contributed by atoms with Crippen LogP contribution in [0.1, 0.15) is 53.0 Å². The van der Waals surface area contributed by atoms with Crippen LogP contribution in [-0.4, -0.2) is 31.3 Å². The number of aromatic amines is 1. The van der Waals surface area contributed by atoms with Crippen LogP contribution in [0.4, 0.5) is 0 Å². The molecule has 1 aliphatic rings. The average Bonchev–Trinajstić information content (AvgIpc) is 3.40. The van der Waals surface area contributed by atoms with Crippen molar-refractivity contribution in [3.05, 3.63) is 77.2 Å². The van der Waals surface area contributed by atoms with Crippen LogP contribution in [0.5, 0.6) is 0 Å². The second-order valence-corrected chi connectivity index (χ2v) is 8.74. The predicted molar refractivity (Wildman–Crippen MR) is 120 cm³/mol. The molecule has 1 saturated carbocycles. The number of ketones is 1. The zero-order valence-corrected chi connectivity index (χ0v) is 17.8. The van der Waals surface area contributed by atoms with Gasteiger partial charge < -0.3 is 9.55 Å². The van der Waals surface area contributed by atoms with Gasteiger partial charge in [-0.15, -0.1) is 10.2 Å². The molecule has 5 nitrogen and oxygen atoms in total. The normalized spacial score (nSPS) is 13.8. The zero-order chi connectivity index (χ0) is 20.5. The van der Waals surface area contributed by atoms with Crippen LogP contribution >= 0.6 is 11.8 Å². The molecule has 0 saturated heterocycles. The number of H-pyrrole nitrogens is 1. The minimum Gasteiger partial charge on any atom is -0.360 e. The summed E-state index contributed by atoms with van der Waals surface area (Å²) in [7, 11) is 0. The fraction of sp³-hybridized carbons (Fsp3) is 0.292. The third kappa shape index (κ3) is 3.67. The van der Waals surface area contributed by atoms with E-state index in [4.69, 9.17) is 0 Å². The first-order valence-electron chi connectivity index (χ1n) is 10.5. The summed E-state index contributed by atoms with van der Waals surface area (Å²) in [6.07, 6.45) is 5.13. The molecule has 0 aliphatic heterocycles. The van der Waals surface area contributed by atoms with Crippen LogP contribution in [0.3, 0.4) is 0 Å². The van der Waals surface area contributed by atoms with Gasteiger partial charge in [-0.2, -0.15) is 0 Å². The van der Waals surface area contributed by atoms with Crippen LogP contribution in [0, 0.1) is 0 Å². The molecule has 2 heterocycles. The maximum Gasteiger partial charge on any atom is 0.191 e. The van der Waals surface area contributed by atoms with Crippen molar-refractivity contribution in [3.8, 4) is 0 Å². The molecule has 0 unspecified atom stereocenters. The third-order valence-electron chi connectivity index (χ3n) is 5.69. The van der Waals surface area contributed by atoms with Crippen molar-refractivity contribution in [2.75, 3.05) is 5.75 Å². The summed E-state index contributed by atoms with van der Waals surface area (Å²) in [6.45, 7) is 2.87. The van der Waals surface area contributed by atoms with Gasteiger partial charge in [0.1, 0.15) is 5.82 Å². The van der Waals surface area contributed by atoms with Gasteiger partial charge in [-0.05, 0) is 30.4 Å². The van der Waals surface area contributed by atoms with E-state index in [1.165, 1.54) is 35.7 Å². The van der Waals surface area contributed by atoms with Crippen molar-refractivity contribution >= 4 is 28.4 Å². The summed E-state index contributed by atoms with van der Waals surface area (Å²) in [4.78, 5) is 16.3. The monoisotopic (exact) mass is 416 g/mol. The van der Waals surface area contributed by atoms with Gasteiger partial charge in [-0.1, -0.05) is 67.2 Å². The van der Waals surface area contributed by atoms with Crippen molar-refractivity contribution < 1.29 is 4.79 Å². The second-order valence-electron chi connectivity index (χ2n) is 7.79. The lowest BCUT2D eigenvalue weighted by Gasteiger charge is -2.10. The number of rotatable bonds is 8. The lowest BCUT2D eigenvalue weighted by molar-refractivity contribution is 0.102. The Bertz CT molecular complexity index is 1190. The summed E-state index contributed by atoms with van der Waals surface area (Å²) in [6, 6.07) is 16.5. The van der Waals surface area contributed by atoms with Gasteiger partial charge in [0, 0.05) is 28.6 Å². The minimum absolute atomic E-state index is 0.113. The van der Waals surface area contributed by atoms with Gasteiger partial charge in [0.25, 0.3) is 0 Å². The number of Topliss-reactive ketones (excluding diaryl/α,β-unsaturated/α-hetero) is 1. The molecule has 0 bridgehead atoms. The first kappa shape index (κ1) is 19.1. The van der Waals surface area contributed by atoms with Gasteiger partial charge >= 0.3 is 0 Å². The lowest BCUT2D eigenvalue weighted by Crippen LogP contribution is -2.08. The Morgan fingerprint density at radius 3 is 2.73 bits per heavy atom. The predicted octanol–water partition coefficient (Wildman–Crippen LogP) is 5.22. The Kier molecular flexibility index (Phi) is 5.17. The first-order chi connectivity index (χ1) is 14.7. The molecule has 30 heavy (non-hydrogen) atoms. The van der Waals surface area contributed by atoms with Crippen LogP contribution in [-0.2, 0) is 13.0 Å². The Balaban J connectivity index is 1.37. The molecule has 1 N–H and O–H groups in total. The fourth-order valence-corrected chi connectivity index (χ4v) is 4.74. The number of fused-ring (bicyclic) bond motifs is 1. The molecule has 6 heteroatoms. The number of para-hydroxylation sites is 1. The quantitative estimate of drug-likeness (QED) is 0.316. The summed E-state index contributed by atoms with van der Waals surface area (Å²) in [5.41, 5.74) is 4.27. The zero-order valence-electron chi connectivity index (χ0n) is 17.0. The van der Waals surface area contributed by atoms with Gasteiger partial charge in [-0.25, -0.2) is 0 Å². The number of nitrogens with one attached hydrogen (secondary N) is 1. The maximum atomic E-state index is 13.0. The molecular formula is C24H24N4OS. The molecule has 1 fully saturated rings. The Morgan fingerprint density at radius 1 is 1.13 bits per heavy atom. The van der Waals surface area contributed by atoms with E-state index in [9.17, 15) is 4.79 Å². The van der Waals surface area contributed by atoms with Crippen molar-refractivity contribution in [2.24, 2.45) is 0 Å². The van der Waals surface area contributed by atoms with E-state index in [-0.39, 0.29) is 5.78 Å². The van der Waals surface area contributed by atoms with E-state index < -0.39 is 0 Å². The van der Waals surface area contributed by atoms with Crippen LogP contribution in [0.25, 0.3) is 10.9 Å². The van der Waals surface area contributed by atoms with Crippen molar-refractivity contribution in [1.82, 2.24) is 19.7 Å². The highest BCUT2D eigenvalue weighted by Crippen LogP contribution is 2.40. The fourth-order valence-electron chi connectivity index (χ4n) is 3.92. The van der Waals surface area contributed by atoms with Crippen molar-refractivity contribution in [1.29, 1.82) is 0 Å². The number of hydrogen-bond donors (Lipinski definition) is 1. The highest BCUT2D eigenvalue weighted by atomic mass is 32.2. The molecule has 152 valence electrons. The number of aryl methyl sites for hydroxylation is 1. The lowest BCUT2D eigenvalue weighted by atomic mass is 10.1. The van der Waals surface area contributed by atoms with Gasteiger partial charge in [0.15, 0.2) is 10.9 Å². The highest BCUT2D eigenvalue weighted by molar-refractivity contribution is 7.99. The molecule has 4 aromatic rings. The summed E-state index contributed by atoms with van der Waals surface area (Å²) < 4.78 is 2.19. The van der Waals surface area contributed by atoms with E-state index in [2.05, 4.69) is 57.0 Å². The van der Waals surface area contributed by atoms with Gasteiger partial charge in [0.2, 0.25) is 0 Å². The summed E-state index contributed by atoms with van der Waals surface area (Å²) in [5, 5.41) is 10.7. The number of nitrogens with zero attached hydrogens (tertiary/aromatic N) is 3. The maximum absolute atomic E-state index is 13.0. The Hall–Kier alpha value is -2.86. The molecular weight excluding hydrogens is 392 g/mol. The largest absolute Gasteiger partial charge is 0.360 e. The second kappa shape index (κ2) is 8.11. The number of carbonyl (C=O) groups is 1. The number of carbonyl (C=O) groups excluding carboxylic acids is 1. The van der Waals surface area contributed by atoms with Crippen molar-refractivity contribution in [3.63, 3.8) is 0 Å². The number of benzene rings is 2. The summed E-state index contributed by atoms with van der Waals surface area (Å²) >= 11 is 1.48. The van der Waals surface area contributed by atoms with Crippen LogP contribution in [0.2, 0.25) is 0 Å². The number of aromatic nitrogens is 4. The smallest absolute Gasteiger partial charge is 0.191 e. The van der Waals surface area contributed by atoms with E-state index in [0.29, 0.717) is 11.7 Å². The van der Waals surface area contributed by atoms with Crippen molar-refractivity contribution in [2.45, 2.75) is 43.8 Å². The van der Waals surface area contributed by atoms with Gasteiger partial charge in [0.05, 0.1) is 12.3 Å². The first-order valence-corrected chi connectivity index (χ1v) is 11.4. The van der Waals surface area contributed by atoms with Crippen LogP contribution < -0.4 is 0 Å². The third-order valence-corrected chi connectivity index (χ3v) is 6.65. The molecule has 0 radical (unpaired) electrons. The summed E-state index contributed by atoms with van der Waals surface area (Å²) in [5.74, 6) is 2.02. The molecule has 1 aliphatic carbocycles. The number of hydrogen-bond acceptors (Lipinski definition) is 4. The Labute approximate surface area is 179 Å². The molecule has 0 spiro atoms. The van der Waals surface area contributed by atoms with Crippen LogP contribution in [0.15, 0.2) is 59.9 Å². The van der Waals surface area contributed by atoms with Gasteiger partial charge in [-0.3, -0.25) is 4.79 Å². The molecule has 0 atom stereocenters. The van der Waals surface area contributed by atoms with E-state index in [0.717, 1.165) is 40.4 Å². The topological polar surface area (TPSA) is 63.6 Å². The highest BCUT2D eigenvalue weighted by Gasteiger charge is 2.30. The molecule has 5 rings (SSSR count). The van der Waals surface area contributed by atoms with E-state index in [1.807, 2.05) is 24.4 Å².